The summed E-state index contributed by atoms with van der Waals surface area (Å²) in [6.07, 6.45) is 0. The molecule has 0 saturated carbocycles. The number of rotatable bonds is 3. The molecular weight excluding hydrogens is 285 g/mol. The van der Waals surface area contributed by atoms with Crippen LogP contribution < -0.4 is 27.2 Å². The lowest BCUT2D eigenvalue weighted by Crippen LogP contribution is -2.52. The van der Waals surface area contributed by atoms with Gasteiger partial charge in [0, 0.05) is 0 Å². The highest BCUT2D eigenvalue weighted by molar-refractivity contribution is 7.80. The summed E-state index contributed by atoms with van der Waals surface area (Å²) in [5, 5.41) is 4.75. The van der Waals surface area contributed by atoms with E-state index in [2.05, 4.69) is 21.5 Å². The molecule has 0 aliphatic rings. The minimum atomic E-state index is -0.837. The molecule has 1 aromatic carbocycles. The van der Waals surface area contributed by atoms with Crippen LogP contribution in [0.5, 0.6) is 0 Å². The number of halogens is 1. The van der Waals surface area contributed by atoms with Crippen molar-refractivity contribution in [3.8, 4) is 0 Å². The van der Waals surface area contributed by atoms with E-state index in [1.807, 2.05) is 0 Å². The smallest absolute Gasteiger partial charge is 0.312 e. The van der Waals surface area contributed by atoms with Crippen LogP contribution in [-0.2, 0) is 4.79 Å². The number of carbonyl (C=O) groups excluding carboxylic acids is 2. The van der Waals surface area contributed by atoms with Crippen LogP contribution in [0.25, 0.3) is 0 Å². The molecule has 1 atom stereocenters. The highest BCUT2D eigenvalue weighted by atomic mass is 32.1. The quantitative estimate of drug-likeness (QED) is 0.405. The van der Waals surface area contributed by atoms with Gasteiger partial charge < -0.3 is 16.4 Å². The maximum atomic E-state index is 13.3. The molecule has 9 heteroatoms. The zero-order valence-corrected chi connectivity index (χ0v) is 11.4. The summed E-state index contributed by atoms with van der Waals surface area (Å²) in [6.45, 7) is 1.44. The molecule has 0 radical (unpaired) electrons. The molecule has 20 heavy (non-hydrogen) atoms. The number of carbonyl (C=O) groups is 2. The minimum Gasteiger partial charge on any atom is -0.352 e. The molecule has 108 valence electrons. The van der Waals surface area contributed by atoms with E-state index in [0.29, 0.717) is 0 Å². The van der Waals surface area contributed by atoms with Crippen molar-refractivity contribution in [2.24, 2.45) is 5.73 Å². The molecule has 0 spiro atoms. The van der Waals surface area contributed by atoms with Gasteiger partial charge in [0.15, 0.2) is 5.11 Å². The maximum absolute atomic E-state index is 13.3. The first-order valence-corrected chi connectivity index (χ1v) is 5.98. The number of urea groups is 1. The van der Waals surface area contributed by atoms with Gasteiger partial charge in [0.05, 0.1) is 5.69 Å². The Morgan fingerprint density at radius 1 is 1.30 bits per heavy atom. The molecule has 0 aromatic heterocycles. The maximum Gasteiger partial charge on any atom is 0.312 e. The Balaban J connectivity index is 2.42. The summed E-state index contributed by atoms with van der Waals surface area (Å²) < 4.78 is 13.3. The predicted molar refractivity (Wildman–Crippen MR) is 76.1 cm³/mol. The molecule has 0 bridgehead atoms. The molecule has 0 aliphatic carbocycles. The van der Waals surface area contributed by atoms with Crippen molar-refractivity contribution in [2.75, 3.05) is 5.32 Å². The number of nitrogens with one attached hydrogen (secondary N) is 4. The fourth-order valence-electron chi connectivity index (χ4n) is 1.22. The van der Waals surface area contributed by atoms with Crippen LogP contribution in [0, 0.1) is 5.82 Å². The van der Waals surface area contributed by atoms with E-state index in [1.165, 1.54) is 25.1 Å². The van der Waals surface area contributed by atoms with Gasteiger partial charge in [-0.15, -0.1) is 0 Å². The number of hydrogen-bond donors (Lipinski definition) is 5. The predicted octanol–water partition coefficient (Wildman–Crippen LogP) is 0.200. The first-order valence-electron chi connectivity index (χ1n) is 5.57. The molecule has 0 aliphatic heterocycles. The zero-order chi connectivity index (χ0) is 15.1. The number of hydrogen-bond acceptors (Lipinski definition) is 3. The molecule has 1 rings (SSSR count). The van der Waals surface area contributed by atoms with Gasteiger partial charge in [-0.2, -0.15) is 0 Å². The lowest BCUT2D eigenvalue weighted by Gasteiger charge is -2.15. The normalized spacial score (nSPS) is 11.1. The van der Waals surface area contributed by atoms with Gasteiger partial charge in [-0.3, -0.25) is 15.6 Å². The molecule has 7 nitrogen and oxygen atoms in total. The van der Waals surface area contributed by atoms with Crippen LogP contribution in [0.1, 0.15) is 6.92 Å². The van der Waals surface area contributed by atoms with E-state index in [9.17, 15) is 14.0 Å². The van der Waals surface area contributed by atoms with E-state index >= 15 is 0 Å². The van der Waals surface area contributed by atoms with E-state index in [0.717, 1.165) is 0 Å². The van der Waals surface area contributed by atoms with E-state index in [4.69, 9.17) is 18.0 Å². The van der Waals surface area contributed by atoms with Crippen molar-refractivity contribution < 1.29 is 14.0 Å². The number of nitrogens with two attached hydrogens (primary N) is 1. The number of thiocarbonyl (C=S) groups is 1. The monoisotopic (exact) mass is 299 g/mol. The number of primary amides is 1. The Morgan fingerprint density at radius 3 is 2.55 bits per heavy atom. The molecule has 1 aromatic rings. The van der Waals surface area contributed by atoms with E-state index in [1.54, 1.807) is 6.07 Å². The molecule has 0 heterocycles. The minimum absolute atomic E-state index is 0.00488. The molecule has 0 saturated heterocycles. The van der Waals surface area contributed by atoms with Gasteiger partial charge in [-0.1, -0.05) is 12.1 Å². The van der Waals surface area contributed by atoms with Gasteiger partial charge >= 0.3 is 6.03 Å². The standard InChI is InChI=1S/C11H14FN5O2S/c1-6(14-10(13)19)9(18)16-17-11(20)15-8-5-3-2-4-7(8)12/h2-6H,1H3,(H,16,18)(H3,13,14,19)(H2,15,17,20). The summed E-state index contributed by atoms with van der Waals surface area (Å²) in [5.74, 6) is -1.03. The van der Waals surface area contributed by atoms with Crippen molar-refractivity contribution in [1.29, 1.82) is 0 Å². The summed E-state index contributed by atoms with van der Waals surface area (Å²) in [7, 11) is 0. The Hall–Kier alpha value is -2.42. The van der Waals surface area contributed by atoms with Crippen LogP contribution in [-0.4, -0.2) is 23.1 Å². The number of amides is 3. The lowest BCUT2D eigenvalue weighted by molar-refractivity contribution is -0.123. The van der Waals surface area contributed by atoms with E-state index in [-0.39, 0.29) is 10.8 Å². The largest absolute Gasteiger partial charge is 0.352 e. The molecule has 6 N–H and O–H groups in total. The van der Waals surface area contributed by atoms with Gasteiger partial charge in [0.2, 0.25) is 0 Å². The summed E-state index contributed by atoms with van der Waals surface area (Å²) in [4.78, 5) is 22.1. The van der Waals surface area contributed by atoms with Gasteiger partial charge in [-0.25, -0.2) is 9.18 Å². The van der Waals surface area contributed by atoms with Gasteiger partial charge in [-0.05, 0) is 31.3 Å². The highest BCUT2D eigenvalue weighted by Crippen LogP contribution is 2.11. The zero-order valence-electron chi connectivity index (χ0n) is 10.6. The Kier molecular flexibility index (Phi) is 5.66. The van der Waals surface area contributed by atoms with Crippen molar-refractivity contribution in [2.45, 2.75) is 13.0 Å². The van der Waals surface area contributed by atoms with Crippen molar-refractivity contribution >= 4 is 35.0 Å². The van der Waals surface area contributed by atoms with Crippen molar-refractivity contribution in [1.82, 2.24) is 16.2 Å². The average Bonchev–Trinajstić information content (AvgIpc) is 2.38. The Morgan fingerprint density at radius 2 is 1.95 bits per heavy atom. The molecular formula is C11H14FN5O2S. The van der Waals surface area contributed by atoms with Gasteiger partial charge in [0.25, 0.3) is 5.91 Å². The lowest BCUT2D eigenvalue weighted by atomic mass is 10.3. The highest BCUT2D eigenvalue weighted by Gasteiger charge is 2.13. The first-order chi connectivity index (χ1) is 9.40. The molecule has 0 fully saturated rings. The number of anilines is 1. The average molecular weight is 299 g/mol. The Bertz CT molecular complexity index is 525. The third kappa shape index (κ3) is 5.06. The topological polar surface area (TPSA) is 108 Å². The van der Waals surface area contributed by atoms with Crippen LogP contribution in [0.4, 0.5) is 14.9 Å². The fraction of sp³-hybridized carbons (Fsp3) is 0.182. The second kappa shape index (κ2) is 7.24. The Labute approximate surface area is 120 Å². The molecule has 3 amide bonds. The van der Waals surface area contributed by atoms with Crippen LogP contribution in [0.15, 0.2) is 24.3 Å². The second-order valence-corrected chi connectivity index (χ2v) is 4.19. The number of para-hydroxylation sites is 1. The van der Waals surface area contributed by atoms with Crippen molar-refractivity contribution in [3.05, 3.63) is 30.1 Å². The van der Waals surface area contributed by atoms with Crippen LogP contribution >= 0.6 is 12.2 Å². The number of benzene rings is 1. The number of hydrazine groups is 1. The third-order valence-electron chi connectivity index (χ3n) is 2.17. The molecule has 1 unspecified atom stereocenters. The summed E-state index contributed by atoms with van der Waals surface area (Å²) >= 11 is 4.87. The van der Waals surface area contributed by atoms with Crippen molar-refractivity contribution in [3.63, 3.8) is 0 Å². The van der Waals surface area contributed by atoms with E-state index < -0.39 is 23.8 Å². The van der Waals surface area contributed by atoms with Gasteiger partial charge in [0.1, 0.15) is 11.9 Å². The first kappa shape index (κ1) is 15.6. The summed E-state index contributed by atoms with van der Waals surface area (Å²) in [6, 6.07) is 4.27. The SMILES string of the molecule is CC(NC(N)=O)C(=O)NNC(=S)Nc1ccccc1F. The second-order valence-electron chi connectivity index (χ2n) is 3.78. The summed E-state index contributed by atoms with van der Waals surface area (Å²) in [5.41, 5.74) is 9.66. The van der Waals surface area contributed by atoms with Crippen LogP contribution in [0.2, 0.25) is 0 Å². The third-order valence-corrected chi connectivity index (χ3v) is 2.38. The van der Waals surface area contributed by atoms with Crippen LogP contribution in [0.3, 0.4) is 0 Å². The fourth-order valence-corrected chi connectivity index (χ4v) is 1.38.